The number of nitrogens with one attached hydrogen (secondary N) is 1. The molecule has 0 saturated carbocycles. The number of methoxy groups -OCH3 is 1. The maximum Gasteiger partial charge on any atom is 0.339 e. The van der Waals surface area contributed by atoms with Crippen LogP contribution in [0.25, 0.3) is 0 Å². The van der Waals surface area contributed by atoms with Crippen LogP contribution in [-0.4, -0.2) is 72.2 Å². The van der Waals surface area contributed by atoms with Crippen LogP contribution in [0.3, 0.4) is 0 Å². The molecule has 1 unspecified atom stereocenters. The van der Waals surface area contributed by atoms with Crippen LogP contribution in [0.15, 0.2) is 53.2 Å². The molecule has 1 aliphatic carbocycles. The molecule has 3 N–H and O–H groups in total. The Hall–Kier alpha value is -3.11. The molecular formula is C33H50N3O8P. The first-order valence-corrected chi connectivity index (χ1v) is 17.7. The van der Waals surface area contributed by atoms with E-state index in [1.807, 2.05) is 24.0 Å². The molecule has 0 heterocycles. The summed E-state index contributed by atoms with van der Waals surface area (Å²) in [6.07, 6.45) is 15.5. The van der Waals surface area contributed by atoms with Crippen molar-refractivity contribution in [2.75, 3.05) is 38.3 Å². The lowest BCUT2D eigenvalue weighted by molar-refractivity contribution is -0.143. The molecule has 1 aromatic rings. The summed E-state index contributed by atoms with van der Waals surface area (Å²) in [4.78, 5) is 62.6. The number of carbonyl (C=O) groups is 3. The van der Waals surface area contributed by atoms with E-state index in [9.17, 15) is 28.7 Å². The molecule has 1 aromatic carbocycles. The first-order chi connectivity index (χ1) is 21.6. The molecule has 2 rings (SSSR count). The summed E-state index contributed by atoms with van der Waals surface area (Å²) in [6, 6.07) is 7.32. The minimum absolute atomic E-state index is 0.00750. The van der Waals surface area contributed by atoms with Crippen molar-refractivity contribution in [2.45, 2.75) is 90.1 Å². The molecule has 0 spiro atoms. The van der Waals surface area contributed by atoms with Crippen LogP contribution in [0.2, 0.25) is 0 Å². The number of carbonyl (C=O) groups excluding carboxylic acids is 3. The van der Waals surface area contributed by atoms with Gasteiger partial charge in [-0.05, 0) is 55.8 Å². The largest absolute Gasteiger partial charge is 0.463 e. The number of allylic oxidation sites excluding steroid dienone is 3. The number of esters is 1. The zero-order valence-corrected chi connectivity index (χ0v) is 27.8. The summed E-state index contributed by atoms with van der Waals surface area (Å²) in [5.74, 6) is -1.63. The molecule has 45 heavy (non-hydrogen) atoms. The Morgan fingerprint density at radius 3 is 2.16 bits per heavy atom. The molecular weight excluding hydrogens is 597 g/mol. The fraction of sp³-hybridized carbons (Fsp3) is 0.576. The second-order valence-electron chi connectivity index (χ2n) is 11.1. The summed E-state index contributed by atoms with van der Waals surface area (Å²) in [5, 5.41) is 2.51. The number of likely N-dealkylation sites (N-methyl/N-ethyl adjacent to an activating group) is 1. The second kappa shape index (κ2) is 20.8. The topological polar surface area (TPSA) is 155 Å². The van der Waals surface area contributed by atoms with Gasteiger partial charge in [-0.3, -0.25) is 18.9 Å². The number of anilines is 1. The number of hydrogen-bond donors (Lipinski definition) is 3. The SMILES string of the molecule is CCCCCCCCCCCCC(C(=O)OCCN(CC)c1ccc(/N=C2\C=CC(=O)C(NC(=O)COC)=C2)cc1)P(=O)(O)O. The number of rotatable bonds is 22. The molecule has 250 valence electrons. The molecule has 0 saturated heterocycles. The van der Waals surface area contributed by atoms with E-state index in [2.05, 4.69) is 17.2 Å². The van der Waals surface area contributed by atoms with Crippen LogP contribution in [0.4, 0.5) is 11.4 Å². The Morgan fingerprint density at radius 2 is 1.58 bits per heavy atom. The zero-order valence-electron chi connectivity index (χ0n) is 26.9. The number of unbranched alkanes of at least 4 members (excludes halogenated alkanes) is 9. The molecule has 0 aromatic heterocycles. The summed E-state index contributed by atoms with van der Waals surface area (Å²) in [5.41, 5.74) is 0.655. The van der Waals surface area contributed by atoms with Crippen LogP contribution < -0.4 is 10.2 Å². The highest BCUT2D eigenvalue weighted by Crippen LogP contribution is 2.44. The third-order valence-corrected chi connectivity index (χ3v) is 8.76. The third-order valence-electron chi connectivity index (χ3n) is 7.48. The van der Waals surface area contributed by atoms with Crippen LogP contribution in [0, 0.1) is 0 Å². The smallest absolute Gasteiger partial charge is 0.339 e. The van der Waals surface area contributed by atoms with E-state index in [1.165, 1.54) is 57.8 Å². The van der Waals surface area contributed by atoms with Gasteiger partial charge in [0.2, 0.25) is 11.7 Å². The van der Waals surface area contributed by atoms with Gasteiger partial charge in [0, 0.05) is 19.3 Å². The highest BCUT2D eigenvalue weighted by molar-refractivity contribution is 7.53. The van der Waals surface area contributed by atoms with Gasteiger partial charge in [-0.25, -0.2) is 4.99 Å². The van der Waals surface area contributed by atoms with Gasteiger partial charge in [-0.15, -0.1) is 0 Å². The van der Waals surface area contributed by atoms with Crippen LogP contribution >= 0.6 is 7.60 Å². The number of ketones is 1. The first-order valence-electron chi connectivity index (χ1n) is 16.0. The summed E-state index contributed by atoms with van der Waals surface area (Å²) < 4.78 is 22.2. The molecule has 1 atom stereocenters. The van der Waals surface area contributed by atoms with Gasteiger partial charge in [0.15, 0.2) is 5.66 Å². The molecule has 0 fully saturated rings. The van der Waals surface area contributed by atoms with E-state index in [-0.39, 0.29) is 31.1 Å². The summed E-state index contributed by atoms with van der Waals surface area (Å²) in [6.45, 7) is 4.94. The highest BCUT2D eigenvalue weighted by Gasteiger charge is 2.36. The van der Waals surface area contributed by atoms with Gasteiger partial charge >= 0.3 is 13.6 Å². The van der Waals surface area contributed by atoms with Gasteiger partial charge in [0.1, 0.15) is 13.2 Å². The maximum absolute atomic E-state index is 12.6. The predicted octanol–water partition coefficient (Wildman–Crippen LogP) is 5.77. The van der Waals surface area contributed by atoms with E-state index in [0.29, 0.717) is 30.9 Å². The fourth-order valence-electron chi connectivity index (χ4n) is 4.96. The second-order valence-corrected chi connectivity index (χ2v) is 12.9. The van der Waals surface area contributed by atoms with E-state index < -0.39 is 25.1 Å². The van der Waals surface area contributed by atoms with Crippen molar-refractivity contribution in [1.82, 2.24) is 5.32 Å². The van der Waals surface area contributed by atoms with Gasteiger partial charge in [-0.2, -0.15) is 0 Å². The molecule has 0 radical (unpaired) electrons. The molecule has 1 aliphatic rings. The summed E-state index contributed by atoms with van der Waals surface area (Å²) >= 11 is 0. The molecule has 11 nitrogen and oxygen atoms in total. The van der Waals surface area contributed by atoms with Crippen LogP contribution in [0.1, 0.15) is 84.5 Å². The van der Waals surface area contributed by atoms with Crippen molar-refractivity contribution >= 4 is 42.3 Å². The van der Waals surface area contributed by atoms with Crippen molar-refractivity contribution in [3.8, 4) is 0 Å². The number of amides is 1. The zero-order chi connectivity index (χ0) is 33.1. The average Bonchev–Trinajstić information content (AvgIpc) is 2.99. The average molecular weight is 648 g/mol. The van der Waals surface area contributed by atoms with E-state index in [4.69, 9.17) is 9.47 Å². The van der Waals surface area contributed by atoms with Crippen molar-refractivity contribution < 1.29 is 38.2 Å². The lowest BCUT2D eigenvalue weighted by Crippen LogP contribution is -2.31. The van der Waals surface area contributed by atoms with Gasteiger partial charge in [0.25, 0.3) is 0 Å². The van der Waals surface area contributed by atoms with E-state index in [0.717, 1.165) is 24.9 Å². The number of nitrogens with zero attached hydrogens (tertiary/aromatic N) is 2. The normalized spacial score (nSPS) is 14.7. The number of aliphatic imine (C=N–C) groups is 1. The quantitative estimate of drug-likeness (QED) is 0.0616. The first kappa shape index (κ1) is 38.1. The molecule has 1 amide bonds. The number of benzene rings is 1. The van der Waals surface area contributed by atoms with Gasteiger partial charge in [0.05, 0.1) is 23.6 Å². The summed E-state index contributed by atoms with van der Waals surface area (Å²) in [7, 11) is -3.24. The number of hydrogen-bond acceptors (Lipinski definition) is 8. The molecule has 0 bridgehead atoms. The monoisotopic (exact) mass is 647 g/mol. The van der Waals surface area contributed by atoms with Gasteiger partial charge < -0.3 is 29.5 Å². The van der Waals surface area contributed by atoms with E-state index >= 15 is 0 Å². The van der Waals surface area contributed by atoms with Crippen molar-refractivity contribution in [3.05, 3.63) is 48.2 Å². The van der Waals surface area contributed by atoms with Crippen LogP contribution in [-0.2, 0) is 28.4 Å². The lowest BCUT2D eigenvalue weighted by Gasteiger charge is -2.24. The van der Waals surface area contributed by atoms with Crippen molar-refractivity contribution in [2.24, 2.45) is 4.99 Å². The highest BCUT2D eigenvalue weighted by atomic mass is 31.2. The Bertz CT molecular complexity index is 1220. The Morgan fingerprint density at radius 1 is 0.956 bits per heavy atom. The Kier molecular flexibility index (Phi) is 17.6. The maximum atomic E-state index is 12.6. The molecule has 12 heteroatoms. The van der Waals surface area contributed by atoms with Crippen molar-refractivity contribution in [3.63, 3.8) is 0 Å². The Balaban J connectivity index is 1.85. The minimum Gasteiger partial charge on any atom is -0.463 e. The predicted molar refractivity (Wildman–Crippen MR) is 177 cm³/mol. The van der Waals surface area contributed by atoms with Crippen LogP contribution in [0.5, 0.6) is 0 Å². The molecule has 0 aliphatic heterocycles. The fourth-order valence-corrected chi connectivity index (χ4v) is 5.83. The lowest BCUT2D eigenvalue weighted by atomic mass is 10.1. The standard InChI is InChI=1S/C33H50N3O8P/c1-4-6-7-8-9-10-11-12-13-14-15-31(45(40,41)42)33(39)44-23-22-36(5-2)28-19-16-26(17-20-28)34-27-18-21-30(37)29(24-27)35-32(38)25-43-3/h16-21,24,31H,4-15,22-23,25H2,1-3H3,(H,35,38)(H2,40,41,42)/b34-27+. The van der Waals surface area contributed by atoms with Gasteiger partial charge in [-0.1, -0.05) is 71.1 Å². The third kappa shape index (κ3) is 14.7. The van der Waals surface area contributed by atoms with Crippen molar-refractivity contribution in [1.29, 1.82) is 0 Å². The van der Waals surface area contributed by atoms with E-state index in [1.54, 1.807) is 18.2 Å². The Labute approximate surface area is 267 Å². The minimum atomic E-state index is -4.63. The number of ether oxygens (including phenoxy) is 2.